The Morgan fingerprint density at radius 3 is 2.85 bits per heavy atom. The molecule has 0 saturated heterocycles. The number of nitrogens with zero attached hydrogens (tertiary/aromatic N) is 3. The number of esters is 1. The third kappa shape index (κ3) is 2.72. The monoisotopic (exact) mass is 297 g/mol. The lowest BCUT2D eigenvalue weighted by molar-refractivity contribution is -0.383. The highest BCUT2D eigenvalue weighted by atomic mass is 32.2. The van der Waals surface area contributed by atoms with Gasteiger partial charge in [-0.1, -0.05) is 6.92 Å². The number of nitro groups is 1. The maximum atomic E-state index is 11.3. The molecule has 2 aromatic rings. The molecule has 0 bridgehead atoms. The first-order chi connectivity index (χ1) is 9.54. The second-order valence-electron chi connectivity index (χ2n) is 4.04. The number of ether oxygens (including phenoxy) is 1. The van der Waals surface area contributed by atoms with Crippen LogP contribution < -0.4 is 0 Å². The molecule has 8 nitrogen and oxygen atoms in total. The Bertz CT molecular complexity index is 657. The largest absolute Gasteiger partial charge is 0.469 e. The predicted octanol–water partition coefficient (Wildman–Crippen LogP) is 2.03. The number of non-ortho nitro benzene ring substituents is 1. The van der Waals surface area contributed by atoms with Crippen LogP contribution in [0.25, 0.3) is 11.0 Å². The van der Waals surface area contributed by atoms with E-state index in [9.17, 15) is 14.9 Å². The van der Waals surface area contributed by atoms with Crippen LogP contribution >= 0.6 is 11.8 Å². The number of thioether (sulfide) groups is 1. The van der Waals surface area contributed by atoms with E-state index in [1.165, 1.54) is 24.9 Å². The van der Waals surface area contributed by atoms with E-state index in [1.54, 1.807) is 13.0 Å². The molecule has 1 aromatic heterocycles. The number of hydrogen-bond donors (Lipinski definition) is 0. The van der Waals surface area contributed by atoms with Crippen LogP contribution in [-0.4, -0.2) is 34.1 Å². The van der Waals surface area contributed by atoms with Gasteiger partial charge in [-0.05, 0) is 16.4 Å². The lowest BCUT2D eigenvalue weighted by atomic mass is 10.2. The van der Waals surface area contributed by atoms with E-state index in [0.29, 0.717) is 16.2 Å². The summed E-state index contributed by atoms with van der Waals surface area (Å²) < 4.78 is 9.20. The Kier molecular flexibility index (Phi) is 4.18. The van der Waals surface area contributed by atoms with Gasteiger partial charge in [-0.15, -0.1) is 11.8 Å². The second kappa shape index (κ2) is 5.87. The summed E-state index contributed by atoms with van der Waals surface area (Å²) in [7, 11) is 1.33. The van der Waals surface area contributed by atoms with Gasteiger partial charge in [0.2, 0.25) is 5.52 Å². The van der Waals surface area contributed by atoms with Crippen molar-refractivity contribution in [1.82, 2.24) is 10.3 Å². The molecule has 106 valence electrons. The van der Waals surface area contributed by atoms with Gasteiger partial charge in [0.1, 0.15) is 0 Å². The molecular formula is C11H11N3O5S. The van der Waals surface area contributed by atoms with Gasteiger partial charge in [0.25, 0.3) is 0 Å². The zero-order valence-corrected chi connectivity index (χ0v) is 11.5. The van der Waals surface area contributed by atoms with Crippen LogP contribution in [0.5, 0.6) is 0 Å². The summed E-state index contributed by atoms with van der Waals surface area (Å²) in [5.74, 6) is -0.143. The third-order valence-corrected chi connectivity index (χ3v) is 3.95. The van der Waals surface area contributed by atoms with E-state index >= 15 is 0 Å². The molecule has 20 heavy (non-hydrogen) atoms. The summed E-state index contributed by atoms with van der Waals surface area (Å²) in [6.45, 7) is 1.74. The molecule has 0 aliphatic carbocycles. The molecule has 0 aliphatic rings. The Balaban J connectivity index is 2.24. The maximum Gasteiger partial charge on any atom is 0.309 e. The maximum absolute atomic E-state index is 11.3. The first-order valence-electron chi connectivity index (χ1n) is 5.65. The van der Waals surface area contributed by atoms with Gasteiger partial charge in [-0.2, -0.15) is 0 Å². The summed E-state index contributed by atoms with van der Waals surface area (Å²) in [5.41, 5.74) is 0.263. The van der Waals surface area contributed by atoms with Crippen molar-refractivity contribution >= 4 is 34.5 Å². The molecule has 1 heterocycles. The fourth-order valence-corrected chi connectivity index (χ4v) is 2.58. The van der Waals surface area contributed by atoms with Crippen LogP contribution in [0.2, 0.25) is 0 Å². The Morgan fingerprint density at radius 1 is 1.50 bits per heavy atom. The molecular weight excluding hydrogens is 286 g/mol. The summed E-state index contributed by atoms with van der Waals surface area (Å²) in [6, 6.07) is 2.91. The van der Waals surface area contributed by atoms with Gasteiger partial charge in [0, 0.05) is 16.7 Å². The molecule has 1 atom stereocenters. The zero-order chi connectivity index (χ0) is 14.7. The van der Waals surface area contributed by atoms with E-state index in [4.69, 9.17) is 0 Å². The van der Waals surface area contributed by atoms with Crippen LogP contribution in [0.3, 0.4) is 0 Å². The molecule has 2 rings (SSSR count). The number of hydrogen-bond acceptors (Lipinski definition) is 8. The topological polar surface area (TPSA) is 108 Å². The molecule has 0 spiro atoms. The van der Waals surface area contributed by atoms with Gasteiger partial charge in [0.05, 0.1) is 18.0 Å². The molecule has 1 aromatic carbocycles. The molecule has 1 unspecified atom stereocenters. The summed E-state index contributed by atoms with van der Waals surface area (Å²) in [5, 5.41) is 18.1. The van der Waals surface area contributed by atoms with Crippen LogP contribution in [0.15, 0.2) is 21.7 Å². The van der Waals surface area contributed by atoms with Gasteiger partial charge in [0.15, 0.2) is 5.52 Å². The normalized spacial score (nSPS) is 12.3. The van der Waals surface area contributed by atoms with Gasteiger partial charge < -0.3 is 4.74 Å². The Labute approximate surface area is 117 Å². The van der Waals surface area contributed by atoms with Gasteiger partial charge >= 0.3 is 11.7 Å². The van der Waals surface area contributed by atoms with Crippen molar-refractivity contribution in [2.24, 2.45) is 5.92 Å². The van der Waals surface area contributed by atoms with Crippen molar-refractivity contribution < 1.29 is 19.1 Å². The van der Waals surface area contributed by atoms with Crippen molar-refractivity contribution in [3.63, 3.8) is 0 Å². The predicted molar refractivity (Wildman–Crippen MR) is 70.4 cm³/mol. The number of methoxy groups -OCH3 is 1. The number of carbonyl (C=O) groups is 1. The van der Waals surface area contributed by atoms with Gasteiger partial charge in [-0.3, -0.25) is 14.9 Å². The zero-order valence-electron chi connectivity index (χ0n) is 10.7. The summed E-state index contributed by atoms with van der Waals surface area (Å²) in [6.07, 6.45) is 0. The number of benzene rings is 1. The molecule has 0 fully saturated rings. The standard InChI is InChI=1S/C11H11N3O5S/c1-6(11(15)18-2)5-20-8-4-3-7(14(16)17)9-10(8)13-19-12-9/h3-4,6H,5H2,1-2H3. The lowest BCUT2D eigenvalue weighted by Crippen LogP contribution is -2.14. The first kappa shape index (κ1) is 14.3. The number of aromatic nitrogens is 2. The Morgan fingerprint density at radius 2 is 2.20 bits per heavy atom. The molecule has 9 heteroatoms. The smallest absolute Gasteiger partial charge is 0.309 e. The van der Waals surface area contributed by atoms with E-state index in [-0.39, 0.29) is 23.1 Å². The minimum absolute atomic E-state index is 0.103. The minimum Gasteiger partial charge on any atom is -0.469 e. The minimum atomic E-state index is -0.544. The van der Waals surface area contributed by atoms with E-state index in [2.05, 4.69) is 19.7 Å². The fraction of sp³-hybridized carbons (Fsp3) is 0.364. The number of nitro benzene ring substituents is 1. The quantitative estimate of drug-likeness (QED) is 0.357. The highest BCUT2D eigenvalue weighted by molar-refractivity contribution is 7.99. The van der Waals surface area contributed by atoms with Crippen LogP contribution in [0.1, 0.15) is 6.92 Å². The highest BCUT2D eigenvalue weighted by Gasteiger charge is 2.21. The van der Waals surface area contributed by atoms with Crippen molar-refractivity contribution in [1.29, 1.82) is 0 Å². The van der Waals surface area contributed by atoms with Gasteiger partial charge in [-0.25, -0.2) is 4.63 Å². The van der Waals surface area contributed by atoms with E-state index < -0.39 is 4.92 Å². The summed E-state index contributed by atoms with van der Waals surface area (Å²) in [4.78, 5) is 22.3. The van der Waals surface area contributed by atoms with Crippen LogP contribution in [0.4, 0.5) is 5.69 Å². The molecule has 0 radical (unpaired) electrons. The fourth-order valence-electron chi connectivity index (χ4n) is 1.58. The molecule has 0 amide bonds. The summed E-state index contributed by atoms with van der Waals surface area (Å²) >= 11 is 1.34. The second-order valence-corrected chi connectivity index (χ2v) is 5.10. The number of rotatable bonds is 5. The first-order valence-corrected chi connectivity index (χ1v) is 6.63. The lowest BCUT2D eigenvalue weighted by Gasteiger charge is -2.08. The van der Waals surface area contributed by atoms with Crippen LogP contribution in [0, 0.1) is 16.0 Å². The molecule has 0 N–H and O–H groups in total. The van der Waals surface area contributed by atoms with E-state index in [0.717, 1.165) is 0 Å². The van der Waals surface area contributed by atoms with Crippen molar-refractivity contribution in [3.8, 4) is 0 Å². The molecule has 0 aliphatic heterocycles. The van der Waals surface area contributed by atoms with Crippen molar-refractivity contribution in [2.45, 2.75) is 11.8 Å². The number of fused-ring (bicyclic) bond motifs is 1. The Hall–Kier alpha value is -2.16. The third-order valence-electron chi connectivity index (χ3n) is 2.65. The van der Waals surface area contributed by atoms with Crippen molar-refractivity contribution in [2.75, 3.05) is 12.9 Å². The van der Waals surface area contributed by atoms with E-state index in [1.807, 2.05) is 0 Å². The SMILES string of the molecule is COC(=O)C(C)CSc1ccc([N+](=O)[O-])c2nonc12. The average Bonchev–Trinajstić information content (AvgIpc) is 2.92. The van der Waals surface area contributed by atoms with Crippen molar-refractivity contribution in [3.05, 3.63) is 22.2 Å². The highest BCUT2D eigenvalue weighted by Crippen LogP contribution is 2.32. The number of carbonyl (C=O) groups excluding carboxylic acids is 1. The van der Waals surface area contributed by atoms with Crippen LogP contribution in [-0.2, 0) is 9.53 Å². The average molecular weight is 297 g/mol. The molecule has 0 saturated carbocycles.